The average molecular weight is 281 g/mol. The first-order chi connectivity index (χ1) is 10.2. The van der Waals surface area contributed by atoms with Crippen molar-refractivity contribution in [2.45, 2.75) is 26.2 Å². The van der Waals surface area contributed by atoms with Crippen LogP contribution in [0.4, 0.5) is 5.69 Å². The Morgan fingerprint density at radius 3 is 2.86 bits per heavy atom. The first-order valence-electron chi connectivity index (χ1n) is 7.19. The molecule has 0 bridgehead atoms. The number of aromatic nitrogens is 2. The molecule has 0 aliphatic heterocycles. The Balaban J connectivity index is 1.95. The molecule has 1 aromatic heterocycles. The van der Waals surface area contributed by atoms with Crippen molar-refractivity contribution in [3.8, 4) is 11.8 Å². The highest BCUT2D eigenvalue weighted by atomic mass is 16.5. The number of para-hydroxylation sites is 1. The zero-order chi connectivity index (χ0) is 14.8. The van der Waals surface area contributed by atoms with Gasteiger partial charge in [0.2, 0.25) is 0 Å². The van der Waals surface area contributed by atoms with E-state index in [0.29, 0.717) is 17.6 Å². The van der Waals surface area contributed by atoms with Gasteiger partial charge in [0.15, 0.2) is 0 Å². The number of nitrogens with one attached hydrogen (secondary N) is 1. The fourth-order valence-corrected chi connectivity index (χ4v) is 2.36. The lowest BCUT2D eigenvalue weighted by molar-refractivity contribution is 0.439. The van der Waals surface area contributed by atoms with Crippen molar-refractivity contribution in [1.82, 2.24) is 9.97 Å². The highest BCUT2D eigenvalue weighted by molar-refractivity contribution is 5.79. The fraction of sp³-hybridized carbons (Fsp3) is 0.235. The lowest BCUT2D eigenvalue weighted by Gasteiger charge is -2.13. The summed E-state index contributed by atoms with van der Waals surface area (Å²) in [6.07, 6.45) is 1.07. The summed E-state index contributed by atoms with van der Waals surface area (Å²) in [5.74, 6) is 1.29. The van der Waals surface area contributed by atoms with E-state index >= 15 is 0 Å². The molecule has 0 aliphatic carbocycles. The zero-order valence-electron chi connectivity index (χ0n) is 12.3. The van der Waals surface area contributed by atoms with Gasteiger partial charge in [0, 0.05) is 5.69 Å². The van der Waals surface area contributed by atoms with Crippen LogP contribution in [0.2, 0.25) is 0 Å². The third kappa shape index (κ3) is 2.70. The molecule has 21 heavy (non-hydrogen) atoms. The molecule has 0 saturated heterocycles. The number of nitrogen functional groups attached to an aromatic ring is 1. The van der Waals surface area contributed by atoms with Gasteiger partial charge in [-0.2, -0.15) is 4.98 Å². The van der Waals surface area contributed by atoms with Crippen LogP contribution in [-0.4, -0.2) is 9.97 Å². The molecule has 0 fully saturated rings. The quantitative estimate of drug-likeness (QED) is 0.694. The molecule has 2 aromatic carbocycles. The summed E-state index contributed by atoms with van der Waals surface area (Å²) < 4.78 is 5.95. The molecular weight excluding hydrogens is 262 g/mol. The summed E-state index contributed by atoms with van der Waals surface area (Å²) in [4.78, 5) is 7.60. The van der Waals surface area contributed by atoms with Crippen molar-refractivity contribution >= 4 is 16.7 Å². The van der Waals surface area contributed by atoms with Gasteiger partial charge < -0.3 is 15.5 Å². The van der Waals surface area contributed by atoms with Crippen LogP contribution in [-0.2, 0) is 0 Å². The fourth-order valence-electron chi connectivity index (χ4n) is 2.36. The summed E-state index contributed by atoms with van der Waals surface area (Å²) in [6, 6.07) is 14.2. The van der Waals surface area contributed by atoms with Crippen LogP contribution in [0, 0.1) is 0 Å². The Bertz CT molecular complexity index is 764. The van der Waals surface area contributed by atoms with Gasteiger partial charge in [-0.3, -0.25) is 0 Å². The van der Waals surface area contributed by atoms with Crippen molar-refractivity contribution < 1.29 is 4.74 Å². The van der Waals surface area contributed by atoms with Gasteiger partial charge in [-0.1, -0.05) is 32.0 Å². The first kappa shape index (κ1) is 13.5. The van der Waals surface area contributed by atoms with E-state index in [4.69, 9.17) is 10.5 Å². The second-order valence-corrected chi connectivity index (χ2v) is 5.27. The van der Waals surface area contributed by atoms with Crippen LogP contribution in [0.1, 0.15) is 31.7 Å². The molecule has 0 aliphatic rings. The minimum Gasteiger partial charge on any atom is -0.425 e. The third-order valence-electron chi connectivity index (χ3n) is 3.75. The maximum absolute atomic E-state index is 5.95. The predicted octanol–water partition coefficient (Wildman–Crippen LogP) is 4.45. The molecule has 0 radical (unpaired) electrons. The van der Waals surface area contributed by atoms with E-state index in [1.54, 1.807) is 0 Å². The minimum absolute atomic E-state index is 0.446. The van der Waals surface area contributed by atoms with E-state index in [2.05, 4.69) is 29.9 Å². The highest BCUT2D eigenvalue weighted by Crippen LogP contribution is 2.31. The lowest BCUT2D eigenvalue weighted by Crippen LogP contribution is -1.96. The summed E-state index contributed by atoms with van der Waals surface area (Å²) >= 11 is 0. The van der Waals surface area contributed by atoms with Gasteiger partial charge in [0.1, 0.15) is 5.75 Å². The Labute approximate surface area is 124 Å². The molecule has 3 N–H and O–H groups in total. The molecule has 1 unspecified atom stereocenters. The van der Waals surface area contributed by atoms with Crippen molar-refractivity contribution in [2.24, 2.45) is 0 Å². The molecule has 0 saturated carbocycles. The lowest BCUT2D eigenvalue weighted by atomic mass is 9.98. The number of hydrogen-bond donors (Lipinski definition) is 2. The SMILES string of the molecule is CCC(C)c1ccccc1Oc1nc2ccc(N)cc2[nH]1. The maximum atomic E-state index is 5.95. The molecule has 4 heteroatoms. The van der Waals surface area contributed by atoms with E-state index in [-0.39, 0.29) is 0 Å². The number of anilines is 1. The molecule has 108 valence electrons. The topological polar surface area (TPSA) is 63.9 Å². The molecule has 1 atom stereocenters. The van der Waals surface area contributed by atoms with Crippen LogP contribution in [0.25, 0.3) is 11.0 Å². The number of nitrogens with zero attached hydrogens (tertiary/aromatic N) is 1. The largest absolute Gasteiger partial charge is 0.425 e. The molecule has 3 rings (SSSR count). The number of H-pyrrole nitrogens is 1. The number of nitrogens with two attached hydrogens (primary N) is 1. The smallest absolute Gasteiger partial charge is 0.300 e. The first-order valence-corrected chi connectivity index (χ1v) is 7.19. The number of benzene rings is 2. The average Bonchev–Trinajstić information content (AvgIpc) is 2.88. The summed E-state index contributed by atoms with van der Waals surface area (Å²) in [7, 11) is 0. The van der Waals surface area contributed by atoms with Crippen molar-refractivity contribution in [2.75, 3.05) is 5.73 Å². The second kappa shape index (κ2) is 5.48. The molecule has 0 spiro atoms. The van der Waals surface area contributed by atoms with Crippen LogP contribution in [0.3, 0.4) is 0 Å². The van der Waals surface area contributed by atoms with Gasteiger partial charge >= 0.3 is 0 Å². The van der Waals surface area contributed by atoms with Crippen LogP contribution in [0.15, 0.2) is 42.5 Å². The van der Waals surface area contributed by atoms with Crippen LogP contribution >= 0.6 is 0 Å². The molecule has 4 nitrogen and oxygen atoms in total. The van der Waals surface area contributed by atoms with Gasteiger partial charge in [-0.25, -0.2) is 0 Å². The molecule has 3 aromatic rings. The Morgan fingerprint density at radius 2 is 2.05 bits per heavy atom. The highest BCUT2D eigenvalue weighted by Gasteiger charge is 2.12. The van der Waals surface area contributed by atoms with Gasteiger partial charge in [-0.05, 0) is 42.2 Å². The Kier molecular flexibility index (Phi) is 3.52. The molecule has 1 heterocycles. The number of hydrogen-bond acceptors (Lipinski definition) is 3. The van der Waals surface area contributed by atoms with Crippen LogP contribution in [0.5, 0.6) is 11.8 Å². The number of ether oxygens (including phenoxy) is 1. The number of aromatic amines is 1. The third-order valence-corrected chi connectivity index (χ3v) is 3.75. The minimum atomic E-state index is 0.446. The van der Waals surface area contributed by atoms with Crippen molar-refractivity contribution in [3.05, 3.63) is 48.0 Å². The Hall–Kier alpha value is -2.49. The van der Waals surface area contributed by atoms with Gasteiger partial charge in [-0.15, -0.1) is 0 Å². The maximum Gasteiger partial charge on any atom is 0.300 e. The normalized spacial score (nSPS) is 12.5. The standard InChI is InChI=1S/C17H19N3O/c1-3-11(2)13-6-4-5-7-16(13)21-17-19-14-9-8-12(18)10-15(14)20-17/h4-11H,3,18H2,1-2H3,(H,19,20). The zero-order valence-corrected chi connectivity index (χ0v) is 12.3. The summed E-state index contributed by atoms with van der Waals surface area (Å²) in [5.41, 5.74) is 9.41. The summed E-state index contributed by atoms with van der Waals surface area (Å²) in [5, 5.41) is 0. The second-order valence-electron chi connectivity index (χ2n) is 5.27. The molecule has 0 amide bonds. The molecular formula is C17H19N3O. The van der Waals surface area contributed by atoms with E-state index in [1.807, 2.05) is 36.4 Å². The Morgan fingerprint density at radius 1 is 1.24 bits per heavy atom. The van der Waals surface area contributed by atoms with Gasteiger partial charge in [0.25, 0.3) is 6.01 Å². The number of fused-ring (bicyclic) bond motifs is 1. The van der Waals surface area contributed by atoms with E-state index in [9.17, 15) is 0 Å². The predicted molar refractivity (Wildman–Crippen MR) is 85.7 cm³/mol. The van der Waals surface area contributed by atoms with Crippen LogP contribution < -0.4 is 10.5 Å². The van der Waals surface area contributed by atoms with Crippen molar-refractivity contribution in [1.29, 1.82) is 0 Å². The van der Waals surface area contributed by atoms with E-state index in [1.165, 1.54) is 5.56 Å². The summed E-state index contributed by atoms with van der Waals surface area (Å²) in [6.45, 7) is 4.37. The number of imidazole rings is 1. The number of rotatable bonds is 4. The monoisotopic (exact) mass is 281 g/mol. The van der Waals surface area contributed by atoms with Crippen molar-refractivity contribution in [3.63, 3.8) is 0 Å². The van der Waals surface area contributed by atoms with Gasteiger partial charge in [0.05, 0.1) is 11.0 Å². The van der Waals surface area contributed by atoms with E-state index in [0.717, 1.165) is 23.2 Å². The van der Waals surface area contributed by atoms with E-state index < -0.39 is 0 Å².